The van der Waals surface area contributed by atoms with Crippen molar-refractivity contribution in [3.63, 3.8) is 0 Å². The van der Waals surface area contributed by atoms with E-state index >= 15 is 0 Å². The molecule has 0 amide bonds. The molecule has 1 aliphatic carbocycles. The fourth-order valence-electron chi connectivity index (χ4n) is 2.45. The molecule has 4 heteroatoms. The van der Waals surface area contributed by atoms with Crippen molar-refractivity contribution in [3.8, 4) is 0 Å². The third-order valence-electron chi connectivity index (χ3n) is 3.33. The molecule has 0 aliphatic heterocycles. The first kappa shape index (κ1) is 11.2. The van der Waals surface area contributed by atoms with Crippen LogP contribution in [0.15, 0.2) is 6.33 Å². The highest BCUT2D eigenvalue weighted by molar-refractivity contribution is 5.67. The SMILES string of the molecule is CCC(CC(=O)O)n1cnc2c1CCCC2. The second-order valence-corrected chi connectivity index (χ2v) is 4.41. The highest BCUT2D eigenvalue weighted by atomic mass is 16.4. The van der Waals surface area contributed by atoms with Crippen LogP contribution < -0.4 is 0 Å². The lowest BCUT2D eigenvalue weighted by Gasteiger charge is -2.20. The van der Waals surface area contributed by atoms with Gasteiger partial charge in [-0.25, -0.2) is 4.98 Å². The van der Waals surface area contributed by atoms with Crippen LogP contribution >= 0.6 is 0 Å². The monoisotopic (exact) mass is 222 g/mol. The Morgan fingerprint density at radius 1 is 1.56 bits per heavy atom. The van der Waals surface area contributed by atoms with Crippen molar-refractivity contribution < 1.29 is 9.90 Å². The molecule has 0 aromatic carbocycles. The summed E-state index contributed by atoms with van der Waals surface area (Å²) < 4.78 is 2.09. The van der Waals surface area contributed by atoms with E-state index in [2.05, 4.69) is 9.55 Å². The number of carboxylic acids is 1. The first-order valence-electron chi connectivity index (χ1n) is 5.98. The Morgan fingerprint density at radius 2 is 2.31 bits per heavy atom. The van der Waals surface area contributed by atoms with Gasteiger partial charge in [0.1, 0.15) is 0 Å². The number of aliphatic carboxylic acids is 1. The summed E-state index contributed by atoms with van der Waals surface area (Å²) in [7, 11) is 0. The molecule has 0 saturated carbocycles. The van der Waals surface area contributed by atoms with E-state index in [1.54, 1.807) is 0 Å². The molecular formula is C12H18N2O2. The maximum Gasteiger partial charge on any atom is 0.305 e. The van der Waals surface area contributed by atoms with Gasteiger partial charge in [0, 0.05) is 11.7 Å². The van der Waals surface area contributed by atoms with E-state index in [-0.39, 0.29) is 12.5 Å². The van der Waals surface area contributed by atoms with Gasteiger partial charge >= 0.3 is 5.97 Å². The lowest BCUT2D eigenvalue weighted by Crippen LogP contribution is -2.16. The standard InChI is InChI=1S/C12H18N2O2/c1-2-9(7-12(15)16)14-8-13-10-5-3-4-6-11(10)14/h8-9H,2-7H2,1H3,(H,15,16). The minimum Gasteiger partial charge on any atom is -0.481 e. The summed E-state index contributed by atoms with van der Waals surface area (Å²) in [6.07, 6.45) is 7.36. The van der Waals surface area contributed by atoms with Gasteiger partial charge in [0.25, 0.3) is 0 Å². The quantitative estimate of drug-likeness (QED) is 0.849. The molecule has 88 valence electrons. The van der Waals surface area contributed by atoms with E-state index in [4.69, 9.17) is 5.11 Å². The molecule has 1 aromatic heterocycles. The van der Waals surface area contributed by atoms with Gasteiger partial charge < -0.3 is 9.67 Å². The number of imidazole rings is 1. The van der Waals surface area contributed by atoms with E-state index < -0.39 is 5.97 Å². The zero-order valence-electron chi connectivity index (χ0n) is 9.65. The molecule has 0 spiro atoms. The van der Waals surface area contributed by atoms with Crippen LogP contribution in [0.4, 0.5) is 0 Å². The molecule has 1 aromatic rings. The Bertz CT molecular complexity index is 384. The second-order valence-electron chi connectivity index (χ2n) is 4.41. The highest BCUT2D eigenvalue weighted by Gasteiger charge is 2.21. The first-order valence-corrected chi connectivity index (χ1v) is 5.98. The van der Waals surface area contributed by atoms with Gasteiger partial charge in [-0.3, -0.25) is 4.79 Å². The molecule has 1 heterocycles. The number of carboxylic acid groups (broad SMARTS) is 1. The van der Waals surface area contributed by atoms with E-state index in [1.807, 2.05) is 13.3 Å². The van der Waals surface area contributed by atoms with Crippen LogP contribution in [0.1, 0.15) is 50.0 Å². The number of rotatable bonds is 4. The Balaban J connectivity index is 2.24. The molecule has 0 radical (unpaired) electrons. The number of nitrogens with zero attached hydrogens (tertiary/aromatic N) is 2. The van der Waals surface area contributed by atoms with E-state index in [9.17, 15) is 4.79 Å². The largest absolute Gasteiger partial charge is 0.481 e. The summed E-state index contributed by atoms with van der Waals surface area (Å²) in [4.78, 5) is 15.2. The van der Waals surface area contributed by atoms with Crippen molar-refractivity contribution >= 4 is 5.97 Å². The summed E-state index contributed by atoms with van der Waals surface area (Å²) in [5.41, 5.74) is 2.44. The van der Waals surface area contributed by atoms with Crippen LogP contribution in [0.2, 0.25) is 0 Å². The van der Waals surface area contributed by atoms with Gasteiger partial charge in [0.05, 0.1) is 18.4 Å². The second kappa shape index (κ2) is 4.68. The molecule has 1 unspecified atom stereocenters. The Hall–Kier alpha value is -1.32. The molecular weight excluding hydrogens is 204 g/mol. The van der Waals surface area contributed by atoms with Gasteiger partial charge in [-0.1, -0.05) is 6.92 Å². The number of fused-ring (bicyclic) bond motifs is 1. The van der Waals surface area contributed by atoms with Crippen molar-refractivity contribution in [2.75, 3.05) is 0 Å². The zero-order valence-corrected chi connectivity index (χ0v) is 9.65. The maximum atomic E-state index is 10.8. The molecule has 1 atom stereocenters. The third-order valence-corrected chi connectivity index (χ3v) is 3.33. The van der Waals surface area contributed by atoms with Crippen molar-refractivity contribution in [3.05, 3.63) is 17.7 Å². The Kier molecular flexibility index (Phi) is 3.27. The van der Waals surface area contributed by atoms with Crippen LogP contribution in [0.25, 0.3) is 0 Å². The number of aromatic nitrogens is 2. The maximum absolute atomic E-state index is 10.8. The van der Waals surface area contributed by atoms with Gasteiger partial charge in [0.15, 0.2) is 0 Å². The number of aryl methyl sites for hydroxylation is 1. The van der Waals surface area contributed by atoms with Crippen molar-refractivity contribution in [2.45, 2.75) is 51.5 Å². The van der Waals surface area contributed by atoms with Crippen molar-refractivity contribution in [2.24, 2.45) is 0 Å². The molecule has 0 bridgehead atoms. The predicted molar refractivity (Wildman–Crippen MR) is 60.4 cm³/mol. The van der Waals surface area contributed by atoms with Crippen molar-refractivity contribution in [1.82, 2.24) is 9.55 Å². The summed E-state index contributed by atoms with van der Waals surface area (Å²) in [5, 5.41) is 8.88. The summed E-state index contributed by atoms with van der Waals surface area (Å²) >= 11 is 0. The van der Waals surface area contributed by atoms with Crippen LogP contribution in [0, 0.1) is 0 Å². The molecule has 16 heavy (non-hydrogen) atoms. The van der Waals surface area contributed by atoms with Crippen LogP contribution in [-0.2, 0) is 17.6 Å². The number of carbonyl (C=O) groups is 1. The van der Waals surface area contributed by atoms with Gasteiger partial charge in [-0.2, -0.15) is 0 Å². The average Bonchev–Trinajstić information content (AvgIpc) is 2.69. The topological polar surface area (TPSA) is 55.1 Å². The third kappa shape index (κ3) is 2.10. The predicted octanol–water partition coefficient (Wildman–Crippen LogP) is 2.19. The van der Waals surface area contributed by atoms with Gasteiger partial charge in [0.2, 0.25) is 0 Å². The normalized spacial score (nSPS) is 16.8. The fourth-order valence-corrected chi connectivity index (χ4v) is 2.45. The van der Waals surface area contributed by atoms with E-state index in [1.165, 1.54) is 24.2 Å². The van der Waals surface area contributed by atoms with Crippen LogP contribution in [0.3, 0.4) is 0 Å². The highest BCUT2D eigenvalue weighted by Crippen LogP contribution is 2.25. The molecule has 1 aliphatic rings. The fraction of sp³-hybridized carbons (Fsp3) is 0.667. The number of hydrogen-bond acceptors (Lipinski definition) is 2. The van der Waals surface area contributed by atoms with Gasteiger partial charge in [-0.15, -0.1) is 0 Å². The smallest absolute Gasteiger partial charge is 0.305 e. The van der Waals surface area contributed by atoms with Crippen molar-refractivity contribution in [1.29, 1.82) is 0 Å². The first-order chi connectivity index (χ1) is 7.72. The molecule has 4 nitrogen and oxygen atoms in total. The average molecular weight is 222 g/mol. The lowest BCUT2D eigenvalue weighted by molar-refractivity contribution is -0.137. The Labute approximate surface area is 95.3 Å². The minimum absolute atomic E-state index is 0.0619. The molecule has 0 fully saturated rings. The van der Waals surface area contributed by atoms with Crippen LogP contribution in [0.5, 0.6) is 0 Å². The van der Waals surface area contributed by atoms with E-state index in [0.717, 1.165) is 19.3 Å². The number of hydrogen-bond donors (Lipinski definition) is 1. The molecule has 1 N–H and O–H groups in total. The summed E-state index contributed by atoms with van der Waals surface area (Å²) in [6.45, 7) is 2.03. The summed E-state index contributed by atoms with van der Waals surface area (Å²) in [6, 6.07) is 0.0619. The minimum atomic E-state index is -0.731. The lowest BCUT2D eigenvalue weighted by atomic mass is 10.00. The molecule has 2 rings (SSSR count). The summed E-state index contributed by atoms with van der Waals surface area (Å²) in [5.74, 6) is -0.731. The van der Waals surface area contributed by atoms with E-state index in [0.29, 0.717) is 0 Å². The van der Waals surface area contributed by atoms with Crippen LogP contribution in [-0.4, -0.2) is 20.6 Å². The van der Waals surface area contributed by atoms with Gasteiger partial charge in [-0.05, 0) is 32.1 Å². The Morgan fingerprint density at radius 3 is 3.00 bits per heavy atom. The molecule has 0 saturated heterocycles. The zero-order chi connectivity index (χ0) is 11.5.